The Bertz CT molecular complexity index is 469. The molecule has 0 spiro atoms. The van der Waals surface area contributed by atoms with Gasteiger partial charge in [0.1, 0.15) is 0 Å². The lowest BCUT2D eigenvalue weighted by Crippen LogP contribution is -2.24. The van der Waals surface area contributed by atoms with Crippen LogP contribution in [0.25, 0.3) is 0 Å². The fraction of sp³-hybridized carbons (Fsp3) is 0.200. The van der Waals surface area contributed by atoms with Crippen molar-refractivity contribution in [1.82, 2.24) is 0 Å². The van der Waals surface area contributed by atoms with E-state index >= 15 is 0 Å². The molecule has 7 heteroatoms. The molecule has 17 heavy (non-hydrogen) atoms. The van der Waals surface area contributed by atoms with Gasteiger partial charge in [-0.25, -0.2) is 4.79 Å². The number of ketones is 1. The van der Waals surface area contributed by atoms with Gasteiger partial charge >= 0.3 is 11.4 Å². The van der Waals surface area contributed by atoms with Crippen LogP contribution in [0.1, 0.15) is 20.7 Å². The van der Waals surface area contributed by atoms with Crippen LogP contribution in [0.4, 0.5) is 8.78 Å². The topological polar surface area (TPSA) is 43.4 Å². The number of carbonyl (C=O) groups excluding carboxylic acids is 2. The Hall–Kier alpha value is -1.20. The van der Waals surface area contributed by atoms with Gasteiger partial charge in [-0.3, -0.25) is 4.79 Å². The summed E-state index contributed by atoms with van der Waals surface area (Å²) in [4.78, 5) is 22.6. The van der Waals surface area contributed by atoms with Crippen molar-refractivity contribution in [3.63, 3.8) is 0 Å². The minimum atomic E-state index is -4.09. The molecule has 0 N–H and O–H groups in total. The van der Waals surface area contributed by atoms with Crippen molar-refractivity contribution in [3.05, 3.63) is 34.3 Å². The van der Waals surface area contributed by atoms with Gasteiger partial charge in [-0.1, -0.05) is 11.6 Å². The zero-order valence-electron chi connectivity index (χ0n) is 8.47. The first kappa shape index (κ1) is 13.9. The van der Waals surface area contributed by atoms with Gasteiger partial charge in [0.2, 0.25) is 5.78 Å². The Kier molecular flexibility index (Phi) is 4.06. The maximum absolute atomic E-state index is 12.7. The SMILES string of the molecule is COC(=O)c1cc(Cl)ccc1C(=O)C(F)(F)Cl. The Balaban J connectivity index is 3.34. The first-order valence-corrected chi connectivity index (χ1v) is 5.02. The van der Waals surface area contributed by atoms with Crippen LogP contribution < -0.4 is 0 Å². The molecule has 0 radical (unpaired) electrons. The third-order valence-corrected chi connectivity index (χ3v) is 2.30. The molecule has 0 amide bonds. The summed E-state index contributed by atoms with van der Waals surface area (Å²) in [6, 6.07) is 3.25. The van der Waals surface area contributed by atoms with E-state index in [0.717, 1.165) is 19.2 Å². The van der Waals surface area contributed by atoms with Crippen LogP contribution in [0, 0.1) is 0 Å². The Morgan fingerprint density at radius 3 is 2.35 bits per heavy atom. The summed E-state index contributed by atoms with van der Waals surface area (Å²) in [6.07, 6.45) is 0. The average Bonchev–Trinajstić information content (AvgIpc) is 2.25. The van der Waals surface area contributed by atoms with Crippen molar-refractivity contribution < 1.29 is 23.1 Å². The number of carbonyl (C=O) groups is 2. The fourth-order valence-electron chi connectivity index (χ4n) is 1.15. The molecule has 0 bridgehead atoms. The summed E-state index contributed by atoms with van der Waals surface area (Å²) < 4.78 is 29.7. The van der Waals surface area contributed by atoms with Gasteiger partial charge < -0.3 is 4.74 Å². The van der Waals surface area contributed by atoms with Crippen molar-refractivity contribution >= 4 is 35.0 Å². The molecular formula is C10H6Cl2F2O3. The van der Waals surface area contributed by atoms with Crippen molar-refractivity contribution in [2.45, 2.75) is 5.38 Å². The molecular weight excluding hydrogens is 277 g/mol. The summed E-state index contributed by atoms with van der Waals surface area (Å²) in [5.74, 6) is -2.63. The maximum atomic E-state index is 12.7. The molecule has 0 fully saturated rings. The number of Topliss-reactive ketones (excluding diaryl/α,β-unsaturated/α-hetero) is 1. The van der Waals surface area contributed by atoms with Gasteiger partial charge in [-0.15, -0.1) is 0 Å². The predicted molar refractivity (Wildman–Crippen MR) is 57.9 cm³/mol. The summed E-state index contributed by atoms with van der Waals surface area (Å²) in [6.45, 7) is 0. The largest absolute Gasteiger partial charge is 0.465 e. The maximum Gasteiger partial charge on any atom is 0.384 e. The normalized spacial score (nSPS) is 11.1. The van der Waals surface area contributed by atoms with E-state index < -0.39 is 22.7 Å². The van der Waals surface area contributed by atoms with Gasteiger partial charge in [0.05, 0.1) is 12.7 Å². The van der Waals surface area contributed by atoms with Crippen LogP contribution in [0.15, 0.2) is 18.2 Å². The standard InChI is InChI=1S/C10H6Cl2F2O3/c1-17-9(16)7-4-5(11)2-3-6(7)8(15)10(12,13)14/h2-4H,1H3. The van der Waals surface area contributed by atoms with Crippen LogP contribution in [-0.2, 0) is 4.74 Å². The van der Waals surface area contributed by atoms with E-state index in [1.807, 2.05) is 0 Å². The lowest BCUT2D eigenvalue weighted by Gasteiger charge is -2.10. The number of hydrogen-bond donors (Lipinski definition) is 0. The highest BCUT2D eigenvalue weighted by Crippen LogP contribution is 2.27. The third kappa shape index (κ3) is 3.14. The highest BCUT2D eigenvalue weighted by Gasteiger charge is 2.38. The summed E-state index contributed by atoms with van der Waals surface area (Å²) >= 11 is 10.2. The van der Waals surface area contributed by atoms with Gasteiger partial charge in [0.25, 0.3) is 0 Å². The number of esters is 1. The molecule has 0 atom stereocenters. The molecule has 0 aliphatic rings. The molecule has 1 rings (SSSR count). The van der Waals surface area contributed by atoms with E-state index in [-0.39, 0.29) is 10.6 Å². The molecule has 1 aromatic rings. The van der Waals surface area contributed by atoms with E-state index in [1.165, 1.54) is 6.07 Å². The number of methoxy groups -OCH3 is 1. The number of rotatable bonds is 3. The van der Waals surface area contributed by atoms with Gasteiger partial charge in [-0.05, 0) is 29.8 Å². The number of halogens is 4. The van der Waals surface area contributed by atoms with E-state index in [4.69, 9.17) is 11.6 Å². The highest BCUT2D eigenvalue weighted by atomic mass is 35.5. The number of benzene rings is 1. The molecule has 0 saturated heterocycles. The second-order valence-electron chi connectivity index (χ2n) is 3.01. The molecule has 0 aromatic heterocycles. The Morgan fingerprint density at radius 1 is 1.29 bits per heavy atom. The average molecular weight is 283 g/mol. The minimum absolute atomic E-state index is 0.111. The van der Waals surface area contributed by atoms with Crippen molar-refractivity contribution in [2.75, 3.05) is 7.11 Å². The molecule has 92 valence electrons. The summed E-state index contributed by atoms with van der Waals surface area (Å²) in [5.41, 5.74) is -0.897. The molecule has 0 unspecified atom stereocenters. The van der Waals surface area contributed by atoms with E-state index in [9.17, 15) is 18.4 Å². The van der Waals surface area contributed by atoms with Crippen molar-refractivity contribution in [1.29, 1.82) is 0 Å². The van der Waals surface area contributed by atoms with Crippen LogP contribution in [-0.4, -0.2) is 24.2 Å². The van der Waals surface area contributed by atoms with Gasteiger partial charge in [-0.2, -0.15) is 8.78 Å². The monoisotopic (exact) mass is 282 g/mol. The second-order valence-corrected chi connectivity index (χ2v) is 3.92. The first-order valence-electron chi connectivity index (χ1n) is 4.26. The van der Waals surface area contributed by atoms with E-state index in [2.05, 4.69) is 16.3 Å². The van der Waals surface area contributed by atoms with E-state index in [0.29, 0.717) is 0 Å². The summed E-state index contributed by atoms with van der Waals surface area (Å²) in [7, 11) is 1.05. The number of ether oxygens (including phenoxy) is 1. The Labute approximate surface area is 105 Å². The van der Waals surface area contributed by atoms with Crippen LogP contribution in [0.2, 0.25) is 5.02 Å². The van der Waals surface area contributed by atoms with Crippen LogP contribution >= 0.6 is 23.2 Å². The quantitative estimate of drug-likeness (QED) is 0.486. The molecule has 0 aliphatic carbocycles. The lowest BCUT2D eigenvalue weighted by molar-refractivity contribution is 0.0519. The number of hydrogen-bond acceptors (Lipinski definition) is 3. The van der Waals surface area contributed by atoms with Gasteiger partial charge in [0.15, 0.2) is 0 Å². The first-order chi connectivity index (χ1) is 7.77. The Morgan fingerprint density at radius 2 is 1.88 bits per heavy atom. The third-order valence-electron chi connectivity index (χ3n) is 1.89. The lowest BCUT2D eigenvalue weighted by atomic mass is 10.0. The van der Waals surface area contributed by atoms with Crippen molar-refractivity contribution in [3.8, 4) is 0 Å². The highest BCUT2D eigenvalue weighted by molar-refractivity contribution is 6.36. The molecule has 0 aliphatic heterocycles. The predicted octanol–water partition coefficient (Wildman–Crippen LogP) is 3.14. The van der Waals surface area contributed by atoms with Crippen LogP contribution in [0.5, 0.6) is 0 Å². The zero-order chi connectivity index (χ0) is 13.2. The fourth-order valence-corrected chi connectivity index (χ4v) is 1.42. The minimum Gasteiger partial charge on any atom is -0.465 e. The molecule has 1 aromatic carbocycles. The summed E-state index contributed by atoms with van der Waals surface area (Å²) in [5, 5.41) is -3.98. The van der Waals surface area contributed by atoms with Crippen molar-refractivity contribution in [2.24, 2.45) is 0 Å². The molecule has 3 nitrogen and oxygen atoms in total. The smallest absolute Gasteiger partial charge is 0.384 e. The number of alkyl halides is 3. The zero-order valence-corrected chi connectivity index (χ0v) is 9.98. The van der Waals surface area contributed by atoms with E-state index in [1.54, 1.807) is 0 Å². The second kappa shape index (κ2) is 4.98. The van der Waals surface area contributed by atoms with Gasteiger partial charge in [0, 0.05) is 10.6 Å². The molecule has 0 saturated carbocycles. The molecule has 0 heterocycles. The van der Waals surface area contributed by atoms with Crippen LogP contribution in [0.3, 0.4) is 0 Å².